The molecule has 1 amide bonds. The largest absolute Gasteiger partial charge is 0.508 e. The van der Waals surface area contributed by atoms with E-state index in [0.29, 0.717) is 11.5 Å². The zero-order valence-corrected chi connectivity index (χ0v) is 20.9. The summed E-state index contributed by atoms with van der Waals surface area (Å²) in [5.74, 6) is 0.693. The van der Waals surface area contributed by atoms with Gasteiger partial charge in [0.1, 0.15) is 10.8 Å². The Kier molecular flexibility index (Phi) is 6.54. The van der Waals surface area contributed by atoms with Crippen molar-refractivity contribution in [2.75, 3.05) is 5.32 Å². The van der Waals surface area contributed by atoms with Crippen LogP contribution in [0.15, 0.2) is 58.0 Å². The van der Waals surface area contributed by atoms with Crippen LogP contribution in [-0.2, 0) is 12.8 Å². The number of phenols is 1. The Morgan fingerprint density at radius 1 is 1.16 bits per heavy atom. The molecular weight excluding hydrogens is 484 g/mol. The number of rotatable bonds is 4. The van der Waals surface area contributed by atoms with Crippen LogP contribution in [0.4, 0.5) is 10.7 Å². The van der Waals surface area contributed by atoms with Crippen LogP contribution in [0.3, 0.4) is 0 Å². The molecule has 166 valence electrons. The summed E-state index contributed by atoms with van der Waals surface area (Å²) in [7, 11) is 0. The number of benzene rings is 2. The molecule has 3 aromatic rings. The number of halogens is 1. The third kappa shape index (κ3) is 5.13. The molecular formula is C26H27BrN2O2S. The van der Waals surface area contributed by atoms with Crippen LogP contribution in [0, 0.1) is 11.3 Å². The molecule has 0 radical (unpaired) electrons. The first kappa shape index (κ1) is 22.7. The number of nitrogens with one attached hydrogen (secondary N) is 1. The average molecular weight is 511 g/mol. The Morgan fingerprint density at radius 3 is 2.50 bits per heavy atom. The van der Waals surface area contributed by atoms with E-state index in [1.165, 1.54) is 4.88 Å². The fourth-order valence-corrected chi connectivity index (χ4v) is 5.59. The maximum atomic E-state index is 13.4. The fourth-order valence-electron chi connectivity index (χ4n) is 4.06. The Morgan fingerprint density at radius 2 is 1.84 bits per heavy atom. The van der Waals surface area contributed by atoms with Gasteiger partial charge in [0.2, 0.25) is 0 Å². The second-order valence-corrected chi connectivity index (χ2v) is 11.3. The third-order valence-corrected chi connectivity index (χ3v) is 7.72. The summed E-state index contributed by atoms with van der Waals surface area (Å²) in [6.45, 7) is 6.88. The lowest BCUT2D eigenvalue weighted by Gasteiger charge is -2.33. The maximum absolute atomic E-state index is 13.4. The number of aliphatic imine (C=N–C) groups is 1. The molecule has 2 aromatic carbocycles. The van der Waals surface area contributed by atoms with E-state index in [2.05, 4.69) is 42.0 Å². The Labute approximate surface area is 201 Å². The number of nitrogens with zero attached hydrogens (tertiary/aromatic N) is 1. The molecule has 0 aliphatic heterocycles. The van der Waals surface area contributed by atoms with Gasteiger partial charge >= 0.3 is 0 Å². The molecule has 32 heavy (non-hydrogen) atoms. The van der Waals surface area contributed by atoms with Crippen molar-refractivity contribution >= 4 is 50.1 Å². The van der Waals surface area contributed by atoms with E-state index in [1.54, 1.807) is 29.7 Å². The maximum Gasteiger partial charge on any atom is 0.259 e. The van der Waals surface area contributed by atoms with Gasteiger partial charge < -0.3 is 10.4 Å². The van der Waals surface area contributed by atoms with Crippen molar-refractivity contribution in [3.8, 4) is 5.75 Å². The van der Waals surface area contributed by atoms with Crippen molar-refractivity contribution in [2.45, 2.75) is 40.0 Å². The molecule has 2 N–H and O–H groups in total. The first-order valence-electron chi connectivity index (χ1n) is 10.8. The molecule has 4 rings (SSSR count). The molecule has 0 spiro atoms. The summed E-state index contributed by atoms with van der Waals surface area (Å²) in [5.41, 5.74) is 3.70. The minimum atomic E-state index is -0.114. The number of anilines is 1. The monoisotopic (exact) mass is 510 g/mol. The van der Waals surface area contributed by atoms with E-state index in [9.17, 15) is 9.90 Å². The topological polar surface area (TPSA) is 61.7 Å². The standard InChI is InChI=1S/C26H27BrN2O2S/c1-26(2,3)17-6-13-21-22(14-17)32-25(28-15-16-4-11-20(30)12-5-16)23(21)24(31)29-19-9-7-18(27)8-10-19/h4-5,7-12,15,17,30H,6,13-14H2,1-3H3,(H,29,31)/t17-/m1/s1. The van der Waals surface area contributed by atoms with Gasteiger partial charge in [-0.25, -0.2) is 4.99 Å². The molecule has 0 saturated carbocycles. The van der Waals surface area contributed by atoms with Crippen LogP contribution in [-0.4, -0.2) is 17.2 Å². The van der Waals surface area contributed by atoms with Gasteiger partial charge in [0.05, 0.1) is 5.56 Å². The minimum absolute atomic E-state index is 0.114. The molecule has 1 aliphatic rings. The SMILES string of the molecule is CC(C)(C)[C@@H]1CCc2c(sc(N=Cc3ccc(O)cc3)c2C(=O)Nc2ccc(Br)cc2)C1. The van der Waals surface area contributed by atoms with Gasteiger partial charge in [-0.05, 0) is 90.3 Å². The fraction of sp³-hybridized carbons (Fsp3) is 0.308. The van der Waals surface area contributed by atoms with Crippen LogP contribution < -0.4 is 5.32 Å². The number of fused-ring (bicyclic) bond motifs is 1. The summed E-state index contributed by atoms with van der Waals surface area (Å²) in [6, 6.07) is 14.5. The van der Waals surface area contributed by atoms with Crippen LogP contribution in [0.5, 0.6) is 5.75 Å². The predicted octanol–water partition coefficient (Wildman–Crippen LogP) is 7.37. The molecule has 1 atom stereocenters. The van der Waals surface area contributed by atoms with E-state index in [4.69, 9.17) is 4.99 Å². The molecule has 0 fully saturated rings. The van der Waals surface area contributed by atoms with Crippen molar-refractivity contribution in [3.05, 3.63) is 74.6 Å². The molecule has 4 nitrogen and oxygen atoms in total. The van der Waals surface area contributed by atoms with Crippen molar-refractivity contribution in [2.24, 2.45) is 16.3 Å². The van der Waals surface area contributed by atoms with Crippen LogP contribution in [0.1, 0.15) is 53.6 Å². The molecule has 0 unspecified atom stereocenters. The first-order chi connectivity index (χ1) is 15.2. The van der Waals surface area contributed by atoms with Crippen molar-refractivity contribution in [1.82, 2.24) is 0 Å². The number of phenolic OH excluding ortho intramolecular Hbond substituents is 1. The summed E-state index contributed by atoms with van der Waals surface area (Å²) >= 11 is 5.06. The predicted molar refractivity (Wildman–Crippen MR) is 137 cm³/mol. The number of aromatic hydroxyl groups is 1. The molecule has 1 aliphatic carbocycles. The van der Waals surface area contributed by atoms with E-state index >= 15 is 0 Å². The number of hydrogen-bond donors (Lipinski definition) is 2. The Bertz CT molecular complexity index is 1140. The quantitative estimate of drug-likeness (QED) is 0.359. The summed E-state index contributed by atoms with van der Waals surface area (Å²) in [6.07, 6.45) is 4.71. The van der Waals surface area contributed by atoms with E-state index in [-0.39, 0.29) is 17.1 Å². The van der Waals surface area contributed by atoms with Crippen LogP contribution in [0.2, 0.25) is 0 Å². The molecule has 1 aromatic heterocycles. The third-order valence-electron chi connectivity index (χ3n) is 6.02. The van der Waals surface area contributed by atoms with Gasteiger partial charge in [-0.3, -0.25) is 4.79 Å². The van der Waals surface area contributed by atoms with Gasteiger partial charge in [0.15, 0.2) is 0 Å². The lowest BCUT2D eigenvalue weighted by Crippen LogP contribution is -2.27. The van der Waals surface area contributed by atoms with Crippen molar-refractivity contribution in [3.63, 3.8) is 0 Å². The van der Waals surface area contributed by atoms with E-state index < -0.39 is 0 Å². The lowest BCUT2D eigenvalue weighted by molar-refractivity contribution is 0.102. The zero-order valence-electron chi connectivity index (χ0n) is 18.5. The number of carbonyl (C=O) groups is 1. The van der Waals surface area contributed by atoms with Crippen LogP contribution in [0.25, 0.3) is 0 Å². The van der Waals surface area contributed by atoms with Gasteiger partial charge in [-0.1, -0.05) is 36.7 Å². The Balaban J connectivity index is 1.69. The first-order valence-corrected chi connectivity index (χ1v) is 12.4. The normalized spacial score (nSPS) is 16.2. The molecule has 0 bridgehead atoms. The van der Waals surface area contributed by atoms with Gasteiger partial charge in [-0.2, -0.15) is 0 Å². The van der Waals surface area contributed by atoms with Crippen molar-refractivity contribution in [1.29, 1.82) is 0 Å². The summed E-state index contributed by atoms with van der Waals surface area (Å²) in [5, 5.41) is 13.3. The molecule has 1 heterocycles. The lowest BCUT2D eigenvalue weighted by atomic mass is 9.72. The van der Waals surface area contributed by atoms with Crippen LogP contribution >= 0.6 is 27.3 Å². The van der Waals surface area contributed by atoms with E-state index in [1.807, 2.05) is 36.4 Å². The molecule has 6 heteroatoms. The zero-order chi connectivity index (χ0) is 22.9. The van der Waals surface area contributed by atoms with E-state index in [0.717, 1.165) is 45.6 Å². The molecule has 0 saturated heterocycles. The number of amides is 1. The van der Waals surface area contributed by atoms with Gasteiger partial charge in [0.25, 0.3) is 5.91 Å². The highest BCUT2D eigenvalue weighted by Gasteiger charge is 2.33. The number of hydrogen-bond acceptors (Lipinski definition) is 4. The highest BCUT2D eigenvalue weighted by Crippen LogP contribution is 2.45. The van der Waals surface area contributed by atoms with Crippen molar-refractivity contribution < 1.29 is 9.90 Å². The van der Waals surface area contributed by atoms with Gasteiger partial charge in [-0.15, -0.1) is 11.3 Å². The summed E-state index contributed by atoms with van der Waals surface area (Å²) in [4.78, 5) is 19.4. The smallest absolute Gasteiger partial charge is 0.259 e. The number of carbonyl (C=O) groups excluding carboxylic acids is 1. The second kappa shape index (κ2) is 9.20. The highest BCUT2D eigenvalue weighted by molar-refractivity contribution is 9.10. The number of thiophene rings is 1. The Hall–Kier alpha value is -2.44. The van der Waals surface area contributed by atoms with Gasteiger partial charge in [0, 0.05) is 21.3 Å². The average Bonchev–Trinajstić information content (AvgIpc) is 3.12. The minimum Gasteiger partial charge on any atom is -0.508 e. The second-order valence-electron chi connectivity index (χ2n) is 9.30. The summed E-state index contributed by atoms with van der Waals surface area (Å²) < 4.78 is 0.968. The highest BCUT2D eigenvalue weighted by atomic mass is 79.9.